The summed E-state index contributed by atoms with van der Waals surface area (Å²) in [6.45, 7) is 0.239. The number of hydrogen-bond donors (Lipinski definition) is 2. The minimum atomic E-state index is -4.04. The van der Waals surface area contributed by atoms with Crippen LogP contribution in [0.25, 0.3) is 10.9 Å². The van der Waals surface area contributed by atoms with E-state index in [9.17, 15) is 18.0 Å². The molecule has 0 saturated heterocycles. The predicted octanol–water partition coefficient (Wildman–Crippen LogP) is 4.71. The number of hydrogen-bond acceptors (Lipinski definition) is 8. The van der Waals surface area contributed by atoms with Crippen molar-refractivity contribution in [3.05, 3.63) is 77.9 Å². The lowest BCUT2D eigenvalue weighted by Crippen LogP contribution is -2.30. The average Bonchev–Trinajstić information content (AvgIpc) is 3.60. The van der Waals surface area contributed by atoms with E-state index < -0.39 is 22.0 Å². The van der Waals surface area contributed by atoms with Crippen molar-refractivity contribution >= 4 is 38.6 Å². The van der Waals surface area contributed by atoms with E-state index in [1.165, 1.54) is 38.5 Å². The number of methoxy groups -OCH3 is 2. The summed E-state index contributed by atoms with van der Waals surface area (Å²) in [7, 11) is -1.06. The van der Waals surface area contributed by atoms with E-state index in [0.29, 0.717) is 28.4 Å². The molecule has 2 amide bonds. The zero-order valence-electron chi connectivity index (χ0n) is 22.6. The molecular weight excluding hydrogens is 548 g/mol. The van der Waals surface area contributed by atoms with Gasteiger partial charge in [0.1, 0.15) is 11.9 Å². The molecule has 12 heteroatoms. The second-order valence-corrected chi connectivity index (χ2v) is 11.3. The fourth-order valence-corrected chi connectivity index (χ4v) is 5.81. The summed E-state index contributed by atoms with van der Waals surface area (Å²) in [6, 6.07) is 17.6. The summed E-state index contributed by atoms with van der Waals surface area (Å²) in [5, 5.41) is 8.09. The normalized spacial score (nSPS) is 13.6. The maximum absolute atomic E-state index is 12.8. The van der Waals surface area contributed by atoms with Crippen LogP contribution >= 0.6 is 0 Å². The van der Waals surface area contributed by atoms with Crippen molar-refractivity contribution in [2.24, 2.45) is 0 Å². The van der Waals surface area contributed by atoms with Gasteiger partial charge >= 0.3 is 6.09 Å². The zero-order chi connectivity index (χ0) is 29.0. The van der Waals surface area contributed by atoms with Crippen molar-refractivity contribution in [1.29, 1.82) is 0 Å². The van der Waals surface area contributed by atoms with Crippen molar-refractivity contribution in [2.75, 3.05) is 19.5 Å². The second-order valence-electron chi connectivity index (χ2n) is 9.61. The Labute approximate surface area is 237 Å². The highest BCUT2D eigenvalue weighted by atomic mass is 32.2. The predicted molar refractivity (Wildman–Crippen MR) is 152 cm³/mol. The third kappa shape index (κ3) is 6.27. The number of ether oxygens (including phenoxy) is 3. The van der Waals surface area contributed by atoms with Gasteiger partial charge in [-0.25, -0.2) is 17.9 Å². The molecule has 11 nitrogen and oxygen atoms in total. The molecule has 2 N–H and O–H groups in total. The Morgan fingerprint density at radius 1 is 0.976 bits per heavy atom. The first-order valence-corrected chi connectivity index (χ1v) is 14.6. The smallest absolute Gasteiger partial charge is 0.411 e. The maximum atomic E-state index is 12.8. The fraction of sp³-hybridized carbons (Fsp3) is 0.276. The van der Waals surface area contributed by atoms with Crippen LogP contribution in [0.5, 0.6) is 11.6 Å². The number of fused-ring (bicyclic) bond motifs is 1. The monoisotopic (exact) mass is 578 g/mol. The van der Waals surface area contributed by atoms with Gasteiger partial charge in [0.15, 0.2) is 0 Å². The molecule has 0 atom stereocenters. The number of aromatic nitrogens is 2. The molecule has 1 fully saturated rings. The molecule has 1 aliphatic carbocycles. The number of benzene rings is 3. The molecule has 1 aromatic heterocycles. The summed E-state index contributed by atoms with van der Waals surface area (Å²) in [5.74, 6) is -0.0157. The number of rotatable bonds is 9. The van der Waals surface area contributed by atoms with Crippen LogP contribution in [-0.2, 0) is 21.3 Å². The highest BCUT2D eigenvalue weighted by molar-refractivity contribution is 7.90. The Hall–Kier alpha value is -4.58. The molecule has 1 saturated carbocycles. The Morgan fingerprint density at radius 3 is 2.44 bits per heavy atom. The van der Waals surface area contributed by atoms with Crippen molar-refractivity contribution in [3.8, 4) is 11.6 Å². The van der Waals surface area contributed by atoms with Crippen molar-refractivity contribution in [2.45, 2.75) is 43.2 Å². The summed E-state index contributed by atoms with van der Waals surface area (Å²) < 4.78 is 45.5. The molecule has 0 spiro atoms. The molecule has 214 valence electrons. The van der Waals surface area contributed by atoms with Crippen LogP contribution in [-0.4, -0.2) is 50.5 Å². The van der Waals surface area contributed by atoms with Crippen LogP contribution in [0.15, 0.2) is 71.6 Å². The Kier molecular flexibility index (Phi) is 8.11. The number of anilines is 1. The van der Waals surface area contributed by atoms with E-state index in [1.54, 1.807) is 47.1 Å². The van der Waals surface area contributed by atoms with Crippen LogP contribution in [0.2, 0.25) is 0 Å². The minimum absolute atomic E-state index is 0.0166. The molecule has 0 aliphatic heterocycles. The average molecular weight is 579 g/mol. The highest BCUT2D eigenvalue weighted by Crippen LogP contribution is 2.30. The first-order chi connectivity index (χ1) is 19.8. The Bertz CT molecular complexity index is 1680. The topological polar surface area (TPSA) is 138 Å². The van der Waals surface area contributed by atoms with Crippen molar-refractivity contribution in [1.82, 2.24) is 14.5 Å². The van der Waals surface area contributed by atoms with Gasteiger partial charge in [0.2, 0.25) is 5.88 Å². The summed E-state index contributed by atoms with van der Waals surface area (Å²) in [4.78, 5) is 25.2. The van der Waals surface area contributed by atoms with Crippen molar-refractivity contribution in [3.63, 3.8) is 0 Å². The van der Waals surface area contributed by atoms with E-state index in [4.69, 9.17) is 14.2 Å². The minimum Gasteiger partial charge on any atom is -0.496 e. The van der Waals surface area contributed by atoms with Gasteiger partial charge in [-0.15, -0.1) is 5.10 Å². The number of carbonyl (C=O) groups is 2. The quantitative estimate of drug-likeness (QED) is 0.291. The molecule has 3 aromatic carbocycles. The third-order valence-corrected chi connectivity index (χ3v) is 8.23. The van der Waals surface area contributed by atoms with E-state index >= 15 is 0 Å². The van der Waals surface area contributed by atoms with E-state index in [-0.39, 0.29) is 23.1 Å². The van der Waals surface area contributed by atoms with Gasteiger partial charge in [0, 0.05) is 16.8 Å². The van der Waals surface area contributed by atoms with E-state index in [0.717, 1.165) is 31.1 Å². The standard InChI is InChI=1S/C29H30N4O7S/c1-38-26-16-19(27(34)32-41(36,37)23-10-4-3-5-11-23)12-13-20(26)18-33-25-17-21(14-15-24(25)28(31-33)39-2)30-29(35)40-22-8-6-7-9-22/h3-5,10-17,22H,6-9,18H2,1-2H3,(H,30,35)(H,32,34). The summed E-state index contributed by atoms with van der Waals surface area (Å²) in [5.41, 5.74) is 2.03. The molecular formula is C29H30N4O7S. The first kappa shape index (κ1) is 28.0. The number of nitrogens with zero attached hydrogens (tertiary/aromatic N) is 2. The van der Waals surface area contributed by atoms with Gasteiger partial charge in [-0.3, -0.25) is 14.8 Å². The molecule has 41 heavy (non-hydrogen) atoms. The van der Waals surface area contributed by atoms with Gasteiger partial charge in [-0.05, 0) is 68.1 Å². The van der Waals surface area contributed by atoms with Crippen molar-refractivity contribution < 1.29 is 32.2 Å². The molecule has 0 unspecified atom stereocenters. The highest BCUT2D eigenvalue weighted by Gasteiger charge is 2.22. The van der Waals surface area contributed by atoms with E-state index in [1.807, 2.05) is 0 Å². The van der Waals surface area contributed by atoms with E-state index in [2.05, 4.69) is 15.1 Å². The lowest BCUT2D eigenvalue weighted by molar-refractivity contribution is 0.0980. The molecule has 0 bridgehead atoms. The Balaban J connectivity index is 1.37. The van der Waals surface area contributed by atoms with Crippen LogP contribution < -0.4 is 19.5 Å². The third-order valence-electron chi connectivity index (χ3n) is 6.88. The first-order valence-electron chi connectivity index (χ1n) is 13.1. The van der Waals surface area contributed by atoms with Crippen LogP contribution in [0.4, 0.5) is 10.5 Å². The molecule has 0 radical (unpaired) electrons. The fourth-order valence-electron chi connectivity index (χ4n) is 4.81. The lowest BCUT2D eigenvalue weighted by atomic mass is 10.1. The molecule has 4 aromatic rings. The molecule has 1 aliphatic rings. The number of nitrogens with one attached hydrogen (secondary N) is 2. The van der Waals surface area contributed by atoms with Crippen LogP contribution in [0.3, 0.4) is 0 Å². The second kappa shape index (κ2) is 11.9. The van der Waals surface area contributed by atoms with Gasteiger partial charge in [0.05, 0.1) is 36.6 Å². The van der Waals surface area contributed by atoms with Gasteiger partial charge in [-0.1, -0.05) is 24.3 Å². The Morgan fingerprint density at radius 2 is 1.73 bits per heavy atom. The largest absolute Gasteiger partial charge is 0.496 e. The van der Waals surface area contributed by atoms with Crippen LogP contribution in [0, 0.1) is 0 Å². The zero-order valence-corrected chi connectivity index (χ0v) is 23.4. The summed E-state index contributed by atoms with van der Waals surface area (Å²) in [6.07, 6.45) is 3.32. The molecule has 5 rings (SSSR count). The van der Waals surface area contributed by atoms with Gasteiger partial charge in [0.25, 0.3) is 15.9 Å². The molecule has 1 heterocycles. The van der Waals surface area contributed by atoms with Crippen LogP contribution in [0.1, 0.15) is 41.6 Å². The number of amides is 2. The lowest BCUT2D eigenvalue weighted by Gasteiger charge is -2.13. The number of carbonyl (C=O) groups excluding carboxylic acids is 2. The number of sulfonamides is 1. The SMILES string of the molecule is COc1cc(C(=O)NS(=O)(=O)c2ccccc2)ccc1Cn1nc(OC)c2ccc(NC(=O)OC3CCCC3)cc21. The van der Waals surface area contributed by atoms with Gasteiger partial charge in [-0.2, -0.15) is 0 Å². The van der Waals surface area contributed by atoms with Gasteiger partial charge < -0.3 is 14.2 Å². The maximum Gasteiger partial charge on any atom is 0.411 e. The summed E-state index contributed by atoms with van der Waals surface area (Å²) >= 11 is 0.